The molecule has 0 aromatic carbocycles. The van der Waals surface area contributed by atoms with Crippen molar-refractivity contribution in [3.05, 3.63) is 60.2 Å². The van der Waals surface area contributed by atoms with Gasteiger partial charge in [-0.25, -0.2) is 9.13 Å². The number of hydrogen-bond acceptors (Lipinski definition) is 2. The lowest BCUT2D eigenvalue weighted by Gasteiger charge is -2.14. The topological polar surface area (TPSA) is 48.2 Å². The summed E-state index contributed by atoms with van der Waals surface area (Å²) < 4.78 is 3.60. The van der Waals surface area contributed by atoms with E-state index in [-0.39, 0.29) is 0 Å². The van der Waals surface area contributed by atoms with Crippen LogP contribution in [0.2, 0.25) is 0 Å². The van der Waals surface area contributed by atoms with Crippen LogP contribution < -0.4 is 9.13 Å². The Kier molecular flexibility index (Phi) is 3.69. The number of nitrogens with zero attached hydrogens (tertiary/aromatic N) is 2. The van der Waals surface area contributed by atoms with E-state index in [1.54, 1.807) is 21.3 Å². The van der Waals surface area contributed by atoms with Crippen LogP contribution in [-0.4, -0.2) is 10.2 Å². The zero-order valence-corrected chi connectivity index (χ0v) is 10.6. The number of pyridine rings is 2. The molecular formula is C14H18N2O2+2. The summed E-state index contributed by atoms with van der Waals surface area (Å²) in [6.07, 6.45) is 1.78. The molecule has 4 nitrogen and oxygen atoms in total. The van der Waals surface area contributed by atoms with Crippen molar-refractivity contribution < 1.29 is 19.3 Å². The van der Waals surface area contributed by atoms with Crippen LogP contribution in [0.1, 0.15) is 23.6 Å². The van der Waals surface area contributed by atoms with E-state index in [1.165, 1.54) is 0 Å². The first kappa shape index (κ1) is 12.7. The maximum absolute atomic E-state index is 10.3. The maximum Gasteiger partial charge on any atom is 0.213 e. The number of aryl methyl sites for hydroxylation is 2. The maximum atomic E-state index is 10.3. The van der Waals surface area contributed by atoms with Gasteiger partial charge in [0.25, 0.3) is 0 Å². The SMILES string of the molecule is C[n+]1ccccc1[C@@H](O)[C@@H](O)c1cccc[n+]1C. The van der Waals surface area contributed by atoms with E-state index in [0.29, 0.717) is 11.4 Å². The minimum Gasteiger partial charge on any atom is -0.379 e. The van der Waals surface area contributed by atoms with Crippen molar-refractivity contribution in [2.24, 2.45) is 14.1 Å². The van der Waals surface area contributed by atoms with Crippen molar-refractivity contribution in [2.75, 3.05) is 0 Å². The van der Waals surface area contributed by atoms with Crippen LogP contribution in [0.15, 0.2) is 48.8 Å². The predicted molar refractivity (Wildman–Crippen MR) is 65.2 cm³/mol. The lowest BCUT2D eigenvalue weighted by Crippen LogP contribution is -2.39. The molecule has 2 aromatic rings. The largest absolute Gasteiger partial charge is 0.379 e. The van der Waals surface area contributed by atoms with E-state index in [2.05, 4.69) is 0 Å². The molecule has 4 heteroatoms. The smallest absolute Gasteiger partial charge is 0.213 e. The molecule has 0 unspecified atom stereocenters. The number of aliphatic hydroxyl groups is 2. The second-order valence-electron chi connectivity index (χ2n) is 4.36. The van der Waals surface area contributed by atoms with Gasteiger partial charge >= 0.3 is 0 Å². The summed E-state index contributed by atoms with van der Waals surface area (Å²) in [6.45, 7) is 0. The van der Waals surface area contributed by atoms with Crippen LogP contribution in [0.3, 0.4) is 0 Å². The van der Waals surface area contributed by atoms with Gasteiger partial charge in [-0.1, -0.05) is 12.1 Å². The van der Waals surface area contributed by atoms with E-state index in [9.17, 15) is 10.2 Å². The van der Waals surface area contributed by atoms with Crippen molar-refractivity contribution in [2.45, 2.75) is 12.2 Å². The van der Waals surface area contributed by atoms with E-state index in [0.717, 1.165) is 0 Å². The average molecular weight is 246 g/mol. The quantitative estimate of drug-likeness (QED) is 0.755. The fourth-order valence-corrected chi connectivity index (χ4v) is 2.01. The summed E-state index contributed by atoms with van der Waals surface area (Å²) >= 11 is 0. The van der Waals surface area contributed by atoms with Crippen LogP contribution in [0.4, 0.5) is 0 Å². The molecule has 2 heterocycles. The monoisotopic (exact) mass is 246 g/mol. The number of aliphatic hydroxyl groups excluding tert-OH is 2. The highest BCUT2D eigenvalue weighted by Gasteiger charge is 2.31. The van der Waals surface area contributed by atoms with E-state index < -0.39 is 12.2 Å². The predicted octanol–water partition coefficient (Wildman–Crippen LogP) is 0.103. The van der Waals surface area contributed by atoms with Gasteiger partial charge in [0.1, 0.15) is 14.1 Å². The molecule has 0 aliphatic rings. The Hall–Kier alpha value is -1.78. The Labute approximate surface area is 106 Å². The molecule has 0 saturated heterocycles. The zero-order valence-electron chi connectivity index (χ0n) is 10.6. The summed E-state index contributed by atoms with van der Waals surface area (Å²) in [5.41, 5.74) is 1.35. The summed E-state index contributed by atoms with van der Waals surface area (Å²) in [7, 11) is 3.69. The van der Waals surface area contributed by atoms with Crippen LogP contribution in [0.5, 0.6) is 0 Å². The molecule has 0 aliphatic carbocycles. The van der Waals surface area contributed by atoms with Crippen molar-refractivity contribution in [1.29, 1.82) is 0 Å². The second-order valence-corrected chi connectivity index (χ2v) is 4.36. The lowest BCUT2D eigenvalue weighted by molar-refractivity contribution is -0.691. The van der Waals surface area contributed by atoms with E-state index >= 15 is 0 Å². The molecule has 0 fully saturated rings. The highest BCUT2D eigenvalue weighted by atomic mass is 16.3. The fraction of sp³-hybridized carbons (Fsp3) is 0.286. The standard InChI is InChI=1S/C14H18N2O2/c1-15-9-5-3-7-11(15)13(17)14(18)12-8-4-6-10-16(12)2/h3-10,13-14,17-18H,1-2H3/q+2/t13-,14+. The van der Waals surface area contributed by atoms with Gasteiger partial charge in [0, 0.05) is 24.3 Å². The Morgan fingerprint density at radius 3 is 1.50 bits per heavy atom. The van der Waals surface area contributed by atoms with Crippen LogP contribution in [-0.2, 0) is 14.1 Å². The first-order chi connectivity index (χ1) is 8.61. The molecule has 2 rings (SSSR count). The highest BCUT2D eigenvalue weighted by molar-refractivity contribution is 5.08. The molecule has 0 spiro atoms. The molecule has 0 radical (unpaired) electrons. The van der Waals surface area contributed by atoms with Gasteiger partial charge in [-0.05, 0) is 0 Å². The lowest BCUT2D eigenvalue weighted by atomic mass is 10.1. The third kappa shape index (κ3) is 2.39. The number of hydrogen-bond donors (Lipinski definition) is 2. The van der Waals surface area contributed by atoms with Crippen molar-refractivity contribution in [1.82, 2.24) is 0 Å². The van der Waals surface area contributed by atoms with Gasteiger partial charge in [-0.15, -0.1) is 0 Å². The first-order valence-electron chi connectivity index (χ1n) is 5.86. The molecule has 94 valence electrons. The first-order valence-corrected chi connectivity index (χ1v) is 5.86. The van der Waals surface area contributed by atoms with E-state index in [4.69, 9.17) is 0 Å². The summed E-state index contributed by atoms with van der Waals surface area (Å²) in [5, 5.41) is 20.5. The van der Waals surface area contributed by atoms with Gasteiger partial charge in [0.05, 0.1) is 0 Å². The van der Waals surface area contributed by atoms with Crippen LogP contribution >= 0.6 is 0 Å². The summed E-state index contributed by atoms with van der Waals surface area (Å²) in [5.74, 6) is 0. The Morgan fingerprint density at radius 2 is 1.17 bits per heavy atom. The molecule has 0 bridgehead atoms. The van der Waals surface area contributed by atoms with E-state index in [1.807, 2.05) is 50.8 Å². The number of aromatic nitrogens is 2. The molecule has 0 amide bonds. The molecule has 0 aliphatic heterocycles. The summed E-state index contributed by atoms with van der Waals surface area (Å²) in [6, 6.07) is 11.1. The summed E-state index contributed by atoms with van der Waals surface area (Å²) in [4.78, 5) is 0. The van der Waals surface area contributed by atoms with Crippen LogP contribution in [0, 0.1) is 0 Å². The second kappa shape index (κ2) is 5.25. The normalized spacial score (nSPS) is 14.2. The minimum atomic E-state index is -0.954. The zero-order chi connectivity index (χ0) is 13.1. The molecular weight excluding hydrogens is 228 g/mol. The molecule has 18 heavy (non-hydrogen) atoms. The molecule has 2 N–H and O–H groups in total. The third-order valence-corrected chi connectivity index (χ3v) is 3.10. The fourth-order valence-electron chi connectivity index (χ4n) is 2.01. The third-order valence-electron chi connectivity index (χ3n) is 3.10. The molecule has 2 atom stereocenters. The van der Waals surface area contributed by atoms with Crippen LogP contribution in [0.25, 0.3) is 0 Å². The molecule has 2 aromatic heterocycles. The Balaban J connectivity index is 2.33. The van der Waals surface area contributed by atoms with Crippen molar-refractivity contribution in [3.8, 4) is 0 Å². The van der Waals surface area contributed by atoms with Crippen molar-refractivity contribution in [3.63, 3.8) is 0 Å². The molecule has 0 saturated carbocycles. The van der Waals surface area contributed by atoms with Crippen molar-refractivity contribution >= 4 is 0 Å². The van der Waals surface area contributed by atoms with Gasteiger partial charge in [-0.2, -0.15) is 0 Å². The number of rotatable bonds is 3. The van der Waals surface area contributed by atoms with Gasteiger partial charge < -0.3 is 10.2 Å². The highest BCUT2D eigenvalue weighted by Crippen LogP contribution is 2.24. The van der Waals surface area contributed by atoms with Gasteiger partial charge in [0.2, 0.25) is 11.4 Å². The van der Waals surface area contributed by atoms with Gasteiger partial charge in [-0.3, -0.25) is 0 Å². The van der Waals surface area contributed by atoms with Gasteiger partial charge in [0.15, 0.2) is 24.6 Å². The Morgan fingerprint density at radius 1 is 0.778 bits per heavy atom. The minimum absolute atomic E-state index is 0.675. The Bertz CT molecular complexity index is 493. The average Bonchev–Trinajstić information content (AvgIpc) is 2.38.